The van der Waals surface area contributed by atoms with Crippen molar-refractivity contribution in [3.05, 3.63) is 33.5 Å². The Morgan fingerprint density at radius 3 is 2.73 bits per heavy atom. The molecular weight excluding hydrogens is 261 g/mol. The zero-order valence-corrected chi connectivity index (χ0v) is 9.77. The summed E-state index contributed by atoms with van der Waals surface area (Å²) < 4.78 is 14.5. The van der Waals surface area contributed by atoms with E-state index in [1.165, 1.54) is 12.1 Å². The van der Waals surface area contributed by atoms with Crippen LogP contribution in [0.5, 0.6) is 0 Å². The number of hydrogen-bond donors (Lipinski definition) is 0. The van der Waals surface area contributed by atoms with Crippen LogP contribution in [0.1, 0.15) is 24.0 Å². The fourth-order valence-corrected chi connectivity index (χ4v) is 2.18. The fourth-order valence-electron chi connectivity index (χ4n) is 1.85. The summed E-state index contributed by atoms with van der Waals surface area (Å²) in [7, 11) is 0. The van der Waals surface area contributed by atoms with Crippen molar-refractivity contribution in [1.82, 2.24) is 0 Å². The van der Waals surface area contributed by atoms with E-state index in [4.69, 9.17) is 0 Å². The highest BCUT2D eigenvalue weighted by molar-refractivity contribution is 9.10. The fraction of sp³-hybridized carbons (Fsp3) is 0.364. The summed E-state index contributed by atoms with van der Waals surface area (Å²) in [6, 6.07) is 3.06. The highest BCUT2D eigenvalue weighted by Crippen LogP contribution is 2.51. The normalized spacial score (nSPS) is 17.0. The third-order valence-corrected chi connectivity index (χ3v) is 3.66. The van der Waals surface area contributed by atoms with Crippen LogP contribution in [0.4, 0.5) is 4.39 Å². The Hall–Kier alpha value is -0.990. The van der Waals surface area contributed by atoms with Crippen molar-refractivity contribution in [2.24, 2.45) is 4.99 Å². The molecule has 0 radical (unpaired) electrons. The van der Waals surface area contributed by atoms with Gasteiger partial charge in [0.1, 0.15) is 11.4 Å². The molecule has 0 atom stereocenters. The number of nitrogens with zero attached hydrogens (tertiary/aromatic N) is 1. The number of isocyanates is 1. The van der Waals surface area contributed by atoms with Gasteiger partial charge in [-0.05, 0) is 37.5 Å². The van der Waals surface area contributed by atoms with E-state index in [1.54, 1.807) is 6.07 Å². The highest BCUT2D eigenvalue weighted by Gasteiger charge is 2.47. The molecule has 15 heavy (non-hydrogen) atoms. The summed E-state index contributed by atoms with van der Waals surface area (Å²) in [5, 5.41) is 0. The standard InChI is InChI=1S/C11H9BrFNO/c1-7-8(12)2-3-9(13)10(7)11(4-5-11)14-6-15/h2-3H,4-5H2,1H3. The van der Waals surface area contributed by atoms with Gasteiger partial charge in [-0.15, -0.1) is 0 Å². The van der Waals surface area contributed by atoms with Crippen LogP contribution in [0.3, 0.4) is 0 Å². The molecule has 0 spiro atoms. The van der Waals surface area contributed by atoms with Gasteiger partial charge in [0.15, 0.2) is 0 Å². The molecule has 0 N–H and O–H groups in total. The largest absolute Gasteiger partial charge is 0.235 e. The number of hydrogen-bond acceptors (Lipinski definition) is 2. The van der Waals surface area contributed by atoms with Crippen molar-refractivity contribution in [2.75, 3.05) is 0 Å². The lowest BCUT2D eigenvalue weighted by Gasteiger charge is -2.14. The molecule has 2 rings (SSSR count). The van der Waals surface area contributed by atoms with E-state index in [1.807, 2.05) is 6.92 Å². The molecule has 0 amide bonds. The summed E-state index contributed by atoms with van der Waals surface area (Å²) in [6.45, 7) is 1.82. The van der Waals surface area contributed by atoms with Crippen molar-refractivity contribution < 1.29 is 9.18 Å². The van der Waals surface area contributed by atoms with Crippen LogP contribution in [-0.4, -0.2) is 6.08 Å². The second-order valence-electron chi connectivity index (χ2n) is 3.76. The minimum Gasteiger partial charge on any atom is -0.211 e. The summed E-state index contributed by atoms with van der Waals surface area (Å²) in [4.78, 5) is 14.0. The third kappa shape index (κ3) is 1.64. The molecule has 0 aliphatic heterocycles. The molecular formula is C11H9BrFNO. The Bertz CT molecular complexity index is 462. The number of rotatable bonds is 2. The van der Waals surface area contributed by atoms with Crippen LogP contribution in [0.15, 0.2) is 21.6 Å². The van der Waals surface area contributed by atoms with Gasteiger partial charge in [0.25, 0.3) is 0 Å². The van der Waals surface area contributed by atoms with Gasteiger partial charge in [-0.25, -0.2) is 9.18 Å². The minimum atomic E-state index is -0.639. The molecule has 1 aromatic rings. The number of benzene rings is 1. The number of halogens is 2. The van der Waals surface area contributed by atoms with Gasteiger partial charge in [0.05, 0.1) is 0 Å². The van der Waals surface area contributed by atoms with E-state index in [0.29, 0.717) is 5.56 Å². The van der Waals surface area contributed by atoms with Crippen LogP contribution in [0.2, 0.25) is 0 Å². The lowest BCUT2D eigenvalue weighted by Crippen LogP contribution is -2.08. The lowest BCUT2D eigenvalue weighted by atomic mass is 9.99. The van der Waals surface area contributed by atoms with Crippen molar-refractivity contribution >= 4 is 22.0 Å². The molecule has 0 aromatic heterocycles. The average molecular weight is 270 g/mol. The smallest absolute Gasteiger partial charge is 0.211 e. The summed E-state index contributed by atoms with van der Waals surface area (Å²) in [6.07, 6.45) is 2.97. The quantitative estimate of drug-likeness (QED) is 0.599. The number of aliphatic imine (C=N–C) groups is 1. The topological polar surface area (TPSA) is 29.4 Å². The zero-order valence-electron chi connectivity index (χ0n) is 8.18. The van der Waals surface area contributed by atoms with E-state index in [2.05, 4.69) is 20.9 Å². The third-order valence-electron chi connectivity index (χ3n) is 2.80. The molecule has 0 heterocycles. The summed E-state index contributed by atoms with van der Waals surface area (Å²) >= 11 is 3.34. The predicted octanol–water partition coefficient (Wildman–Crippen LogP) is 3.22. The highest BCUT2D eigenvalue weighted by atomic mass is 79.9. The van der Waals surface area contributed by atoms with Gasteiger partial charge >= 0.3 is 0 Å². The average Bonchev–Trinajstić information content (AvgIpc) is 2.94. The van der Waals surface area contributed by atoms with Crippen LogP contribution in [0, 0.1) is 12.7 Å². The maximum Gasteiger partial charge on any atom is 0.235 e. The SMILES string of the molecule is Cc1c(Br)ccc(F)c1C1(N=C=O)CC1. The first kappa shape index (κ1) is 10.5. The van der Waals surface area contributed by atoms with Crippen molar-refractivity contribution in [2.45, 2.75) is 25.3 Å². The monoisotopic (exact) mass is 269 g/mol. The maximum absolute atomic E-state index is 13.7. The first-order valence-corrected chi connectivity index (χ1v) is 5.44. The van der Waals surface area contributed by atoms with E-state index in [0.717, 1.165) is 22.9 Å². The predicted molar refractivity (Wildman–Crippen MR) is 57.9 cm³/mol. The van der Waals surface area contributed by atoms with Gasteiger partial charge in [-0.3, -0.25) is 0 Å². The Balaban J connectivity index is 2.62. The first-order chi connectivity index (χ1) is 7.10. The zero-order chi connectivity index (χ0) is 11.1. The molecule has 2 nitrogen and oxygen atoms in total. The van der Waals surface area contributed by atoms with E-state index < -0.39 is 5.54 Å². The Labute approximate surface area is 95.3 Å². The van der Waals surface area contributed by atoms with E-state index in [-0.39, 0.29) is 5.82 Å². The van der Waals surface area contributed by atoms with Crippen molar-refractivity contribution in [3.63, 3.8) is 0 Å². The molecule has 1 saturated carbocycles. The molecule has 4 heteroatoms. The van der Waals surface area contributed by atoms with E-state index in [9.17, 15) is 9.18 Å². The van der Waals surface area contributed by atoms with Crippen LogP contribution in [0.25, 0.3) is 0 Å². The summed E-state index contributed by atoms with van der Waals surface area (Å²) in [5.74, 6) is -0.299. The minimum absolute atomic E-state index is 0.299. The van der Waals surface area contributed by atoms with Gasteiger partial charge in [-0.1, -0.05) is 15.9 Å². The molecule has 0 saturated heterocycles. The van der Waals surface area contributed by atoms with Gasteiger partial charge < -0.3 is 0 Å². The summed E-state index contributed by atoms with van der Waals surface area (Å²) in [5.41, 5.74) is 0.700. The molecule has 1 aliphatic carbocycles. The number of carbonyl (C=O) groups excluding carboxylic acids is 1. The second-order valence-corrected chi connectivity index (χ2v) is 4.62. The first-order valence-electron chi connectivity index (χ1n) is 4.65. The Kier molecular flexibility index (Phi) is 2.49. The maximum atomic E-state index is 13.7. The molecule has 0 unspecified atom stereocenters. The molecule has 0 bridgehead atoms. The molecule has 1 aromatic carbocycles. The van der Waals surface area contributed by atoms with Crippen molar-refractivity contribution in [3.8, 4) is 0 Å². The van der Waals surface area contributed by atoms with Crippen molar-refractivity contribution in [1.29, 1.82) is 0 Å². The van der Waals surface area contributed by atoms with Gasteiger partial charge in [0.2, 0.25) is 6.08 Å². The molecule has 78 valence electrons. The Morgan fingerprint density at radius 1 is 1.53 bits per heavy atom. The van der Waals surface area contributed by atoms with Crippen LogP contribution in [-0.2, 0) is 10.3 Å². The van der Waals surface area contributed by atoms with E-state index >= 15 is 0 Å². The lowest BCUT2D eigenvalue weighted by molar-refractivity contribution is 0.546. The van der Waals surface area contributed by atoms with Gasteiger partial charge in [-0.2, -0.15) is 4.99 Å². The molecule has 1 fully saturated rings. The molecule has 1 aliphatic rings. The van der Waals surface area contributed by atoms with Gasteiger partial charge in [0, 0.05) is 10.0 Å². The second kappa shape index (κ2) is 3.54. The van der Waals surface area contributed by atoms with Crippen LogP contribution < -0.4 is 0 Å². The van der Waals surface area contributed by atoms with Crippen LogP contribution >= 0.6 is 15.9 Å². The Morgan fingerprint density at radius 2 is 2.20 bits per heavy atom.